The molecular weight excluding hydrogens is 514 g/mol. The Morgan fingerprint density at radius 3 is 1.44 bits per heavy atom. The first-order valence-electron chi connectivity index (χ1n) is 13.5. The number of benzene rings is 5. The van der Waals surface area contributed by atoms with Crippen LogP contribution in [0.3, 0.4) is 0 Å². The van der Waals surface area contributed by atoms with Crippen LogP contribution in [0, 0.1) is 0 Å². The van der Waals surface area contributed by atoms with E-state index in [1.54, 1.807) is 12.1 Å². The molecular formula is C34H31N3O4. The number of phenols is 2. The number of hydrogen-bond donors (Lipinski definition) is 4. The number of phenolic OH excluding ortho intramolecular Hbond substituents is 2. The minimum Gasteiger partial charge on any atom is -0.508 e. The lowest BCUT2D eigenvalue weighted by Crippen LogP contribution is -2.54. The zero-order chi connectivity index (χ0) is 28.2. The molecule has 7 nitrogen and oxygen atoms in total. The molecule has 1 aliphatic heterocycles. The van der Waals surface area contributed by atoms with Gasteiger partial charge in [-0.25, -0.2) is 0 Å². The molecule has 4 N–H and O–H groups in total. The highest BCUT2D eigenvalue weighted by molar-refractivity contribution is 5.42. The molecule has 2 unspecified atom stereocenters. The molecule has 1 fully saturated rings. The van der Waals surface area contributed by atoms with Gasteiger partial charge >= 0.3 is 0 Å². The molecule has 0 aliphatic carbocycles. The van der Waals surface area contributed by atoms with E-state index in [9.17, 15) is 10.2 Å². The summed E-state index contributed by atoms with van der Waals surface area (Å²) in [5.74, 6) is 3.06. The number of aromatic hydroxyl groups is 2. The minimum atomic E-state index is -0.401. The summed E-state index contributed by atoms with van der Waals surface area (Å²) in [5, 5.41) is 27.8. The average molecular weight is 546 g/mol. The summed E-state index contributed by atoms with van der Waals surface area (Å²) in [7, 11) is 2.05. The first kappa shape index (κ1) is 26.4. The molecule has 206 valence electrons. The predicted molar refractivity (Wildman–Crippen MR) is 158 cm³/mol. The molecule has 0 aromatic heterocycles. The molecule has 0 saturated carbocycles. The maximum atomic E-state index is 10.7. The van der Waals surface area contributed by atoms with Gasteiger partial charge in [-0.3, -0.25) is 15.5 Å². The Morgan fingerprint density at radius 1 is 0.561 bits per heavy atom. The highest BCUT2D eigenvalue weighted by Gasteiger charge is 2.35. The fourth-order valence-corrected chi connectivity index (χ4v) is 5.05. The van der Waals surface area contributed by atoms with Crippen LogP contribution in [-0.4, -0.2) is 22.2 Å². The number of para-hydroxylation sites is 2. The highest BCUT2D eigenvalue weighted by atomic mass is 16.5. The fourth-order valence-electron chi connectivity index (χ4n) is 5.05. The van der Waals surface area contributed by atoms with Crippen LogP contribution < -0.4 is 20.1 Å². The maximum Gasteiger partial charge on any atom is 0.127 e. The molecule has 2 atom stereocenters. The van der Waals surface area contributed by atoms with Gasteiger partial charge in [0.2, 0.25) is 0 Å². The standard InChI is InChI=1S/C34H31N3O4/c1-37-33(23-12-17-28(18-13-23)40-26-8-4-2-5-9-26)35-32(30-21-16-25(38)22-31(30)39)36-34(37)24-14-19-29(20-15-24)41-27-10-6-3-7-11-27/h2-22,32-36,38-39H,1H3. The lowest BCUT2D eigenvalue weighted by atomic mass is 10.0. The Hall–Kier alpha value is -4.82. The van der Waals surface area contributed by atoms with E-state index in [1.165, 1.54) is 6.07 Å². The first-order chi connectivity index (χ1) is 20.0. The van der Waals surface area contributed by atoms with Gasteiger partial charge in [0.15, 0.2) is 0 Å². The van der Waals surface area contributed by atoms with E-state index in [0.29, 0.717) is 5.56 Å². The molecule has 0 amide bonds. The number of nitrogens with one attached hydrogen (secondary N) is 2. The van der Waals surface area contributed by atoms with Crippen molar-refractivity contribution in [3.63, 3.8) is 0 Å². The van der Waals surface area contributed by atoms with E-state index in [4.69, 9.17) is 9.47 Å². The van der Waals surface area contributed by atoms with Crippen LogP contribution in [0.4, 0.5) is 0 Å². The Morgan fingerprint density at radius 2 is 1.00 bits per heavy atom. The van der Waals surface area contributed by atoms with Gasteiger partial charge in [-0.15, -0.1) is 0 Å². The van der Waals surface area contributed by atoms with E-state index >= 15 is 0 Å². The summed E-state index contributed by atoms with van der Waals surface area (Å²) >= 11 is 0. The number of nitrogens with zero attached hydrogens (tertiary/aromatic N) is 1. The molecule has 5 aromatic rings. The highest BCUT2D eigenvalue weighted by Crippen LogP contribution is 2.38. The molecule has 1 heterocycles. The van der Waals surface area contributed by atoms with E-state index in [-0.39, 0.29) is 23.8 Å². The van der Waals surface area contributed by atoms with Crippen molar-refractivity contribution in [1.29, 1.82) is 0 Å². The van der Waals surface area contributed by atoms with Gasteiger partial charge in [0.1, 0.15) is 34.5 Å². The minimum absolute atomic E-state index is 0.00951. The third-order valence-corrected chi connectivity index (χ3v) is 7.14. The van der Waals surface area contributed by atoms with Crippen LogP contribution >= 0.6 is 0 Å². The summed E-state index contributed by atoms with van der Waals surface area (Å²) in [6, 6.07) is 40.0. The smallest absolute Gasteiger partial charge is 0.127 e. The Kier molecular flexibility index (Phi) is 7.56. The van der Waals surface area contributed by atoms with Gasteiger partial charge in [-0.05, 0) is 78.8 Å². The monoisotopic (exact) mass is 545 g/mol. The second-order valence-corrected chi connectivity index (χ2v) is 9.95. The van der Waals surface area contributed by atoms with Crippen molar-refractivity contribution in [3.05, 3.63) is 144 Å². The molecule has 1 aliphatic rings. The van der Waals surface area contributed by atoms with Gasteiger partial charge < -0.3 is 19.7 Å². The molecule has 7 heteroatoms. The van der Waals surface area contributed by atoms with Crippen LogP contribution in [0.2, 0.25) is 0 Å². The second kappa shape index (κ2) is 11.7. The van der Waals surface area contributed by atoms with Crippen LogP contribution in [0.25, 0.3) is 0 Å². The molecule has 0 spiro atoms. The number of hydrogen-bond acceptors (Lipinski definition) is 7. The summed E-state index contributed by atoms with van der Waals surface area (Å²) in [4.78, 5) is 2.20. The largest absolute Gasteiger partial charge is 0.508 e. The van der Waals surface area contributed by atoms with E-state index in [0.717, 1.165) is 34.1 Å². The predicted octanol–water partition coefficient (Wildman–Crippen LogP) is 7.20. The maximum absolute atomic E-state index is 10.7. The van der Waals surface area contributed by atoms with Crippen LogP contribution in [-0.2, 0) is 0 Å². The summed E-state index contributed by atoms with van der Waals surface area (Å²) in [5.41, 5.74) is 2.71. The SMILES string of the molecule is CN1C(c2ccc(Oc3ccccc3)cc2)NC(c2ccc(O)cc2O)NC1c1ccc(Oc2ccccc2)cc1. The number of ether oxygens (including phenoxy) is 2. The molecule has 1 saturated heterocycles. The molecule has 0 radical (unpaired) electrons. The third-order valence-electron chi connectivity index (χ3n) is 7.14. The van der Waals surface area contributed by atoms with Crippen LogP contribution in [0.15, 0.2) is 127 Å². The van der Waals surface area contributed by atoms with E-state index in [2.05, 4.69) is 15.5 Å². The summed E-state index contributed by atoms with van der Waals surface area (Å²) in [6.45, 7) is 0. The van der Waals surface area contributed by atoms with E-state index < -0.39 is 6.17 Å². The van der Waals surface area contributed by atoms with E-state index in [1.807, 2.05) is 116 Å². The molecule has 41 heavy (non-hydrogen) atoms. The molecule has 5 aromatic carbocycles. The lowest BCUT2D eigenvalue weighted by molar-refractivity contribution is 0.0408. The Labute approximate surface area is 239 Å². The van der Waals surface area contributed by atoms with Crippen molar-refractivity contribution >= 4 is 0 Å². The van der Waals surface area contributed by atoms with Gasteiger partial charge in [-0.1, -0.05) is 60.7 Å². The zero-order valence-corrected chi connectivity index (χ0v) is 22.5. The van der Waals surface area contributed by atoms with Crippen molar-refractivity contribution in [2.45, 2.75) is 18.5 Å². The second-order valence-electron chi connectivity index (χ2n) is 9.95. The topological polar surface area (TPSA) is 86.2 Å². The van der Waals surface area contributed by atoms with Crippen molar-refractivity contribution < 1.29 is 19.7 Å². The van der Waals surface area contributed by atoms with Gasteiger partial charge in [0, 0.05) is 11.6 Å². The quantitative estimate of drug-likeness (QED) is 0.172. The lowest BCUT2D eigenvalue weighted by Gasteiger charge is -2.45. The molecule has 0 bridgehead atoms. The van der Waals surface area contributed by atoms with Crippen LogP contribution in [0.5, 0.6) is 34.5 Å². The van der Waals surface area contributed by atoms with Gasteiger partial charge in [0.05, 0.1) is 18.5 Å². The van der Waals surface area contributed by atoms with Crippen molar-refractivity contribution in [2.75, 3.05) is 7.05 Å². The fraction of sp³-hybridized carbons (Fsp3) is 0.118. The Balaban J connectivity index is 1.28. The molecule has 6 rings (SSSR count). The zero-order valence-electron chi connectivity index (χ0n) is 22.5. The third kappa shape index (κ3) is 6.02. The van der Waals surface area contributed by atoms with Crippen molar-refractivity contribution in [3.8, 4) is 34.5 Å². The van der Waals surface area contributed by atoms with Crippen molar-refractivity contribution in [2.24, 2.45) is 0 Å². The Bertz CT molecular complexity index is 1480. The normalized spacial score (nSPS) is 19.0. The first-order valence-corrected chi connectivity index (χ1v) is 13.5. The summed E-state index contributed by atoms with van der Waals surface area (Å²) < 4.78 is 12.0. The average Bonchev–Trinajstić information content (AvgIpc) is 3.00. The van der Waals surface area contributed by atoms with Gasteiger partial charge in [0.25, 0.3) is 0 Å². The summed E-state index contributed by atoms with van der Waals surface area (Å²) in [6.07, 6.45) is -0.807. The van der Waals surface area contributed by atoms with Crippen molar-refractivity contribution in [1.82, 2.24) is 15.5 Å². The van der Waals surface area contributed by atoms with Crippen LogP contribution in [0.1, 0.15) is 35.2 Å². The number of rotatable bonds is 7. The van der Waals surface area contributed by atoms with Gasteiger partial charge in [-0.2, -0.15) is 0 Å².